The van der Waals surface area contributed by atoms with Gasteiger partial charge in [0.1, 0.15) is 11.5 Å². The molecular formula is C26H37F3N4O3. The lowest BCUT2D eigenvalue weighted by Crippen LogP contribution is -2.45. The van der Waals surface area contributed by atoms with E-state index < -0.39 is 23.1 Å². The fraction of sp³-hybridized carbons (Fsp3) is 0.654. The Morgan fingerprint density at radius 2 is 1.94 bits per heavy atom. The molecule has 200 valence electrons. The monoisotopic (exact) mass is 510 g/mol. The smallest absolute Gasteiger partial charge is 0.394 e. The molecule has 0 aliphatic heterocycles. The number of aryl methyl sites for hydroxylation is 1. The number of rotatable bonds is 8. The number of alkyl halides is 3. The van der Waals surface area contributed by atoms with Gasteiger partial charge >= 0.3 is 6.18 Å². The van der Waals surface area contributed by atoms with E-state index in [0.29, 0.717) is 53.8 Å². The SMILES string of the molecule is CCc1nc(C(=O)NCC2(O)CCC(C)CC2)c(C)n1-c1ncc(CC(C)(C)C(F)(F)F)cc1OC. The number of nitrogens with one attached hydrogen (secondary N) is 1. The van der Waals surface area contributed by atoms with Crippen molar-refractivity contribution in [3.63, 3.8) is 0 Å². The Hall–Kier alpha value is -2.62. The molecule has 1 aliphatic rings. The van der Waals surface area contributed by atoms with E-state index in [1.807, 2.05) is 6.92 Å². The van der Waals surface area contributed by atoms with E-state index >= 15 is 0 Å². The highest BCUT2D eigenvalue weighted by Gasteiger charge is 2.47. The van der Waals surface area contributed by atoms with Crippen LogP contribution in [-0.4, -0.2) is 51.0 Å². The fourth-order valence-electron chi connectivity index (χ4n) is 4.60. The second kappa shape index (κ2) is 10.4. The number of carbonyl (C=O) groups is 1. The summed E-state index contributed by atoms with van der Waals surface area (Å²) in [4.78, 5) is 22.0. The van der Waals surface area contributed by atoms with Crippen LogP contribution in [0, 0.1) is 18.3 Å². The van der Waals surface area contributed by atoms with Crippen LogP contribution < -0.4 is 10.1 Å². The Morgan fingerprint density at radius 1 is 1.31 bits per heavy atom. The maximum absolute atomic E-state index is 13.4. The van der Waals surface area contributed by atoms with Crippen molar-refractivity contribution in [2.45, 2.75) is 84.9 Å². The van der Waals surface area contributed by atoms with Gasteiger partial charge in [-0.05, 0) is 56.6 Å². The van der Waals surface area contributed by atoms with Gasteiger partial charge in [-0.1, -0.05) is 27.7 Å². The molecule has 1 aliphatic carbocycles. The third-order valence-corrected chi connectivity index (χ3v) is 7.23. The van der Waals surface area contributed by atoms with E-state index in [0.717, 1.165) is 26.7 Å². The number of aliphatic hydroxyl groups is 1. The van der Waals surface area contributed by atoms with E-state index in [9.17, 15) is 23.1 Å². The highest BCUT2D eigenvalue weighted by Crippen LogP contribution is 2.41. The average Bonchev–Trinajstić information content (AvgIpc) is 3.14. The van der Waals surface area contributed by atoms with Crippen molar-refractivity contribution in [3.05, 3.63) is 35.0 Å². The lowest BCUT2D eigenvalue weighted by molar-refractivity contribution is -0.211. The highest BCUT2D eigenvalue weighted by atomic mass is 19.4. The first-order valence-electron chi connectivity index (χ1n) is 12.4. The van der Waals surface area contributed by atoms with Gasteiger partial charge < -0.3 is 15.2 Å². The lowest BCUT2D eigenvalue weighted by atomic mass is 9.79. The highest BCUT2D eigenvalue weighted by molar-refractivity contribution is 5.93. The van der Waals surface area contributed by atoms with Crippen LogP contribution in [0.5, 0.6) is 5.75 Å². The second-order valence-electron chi connectivity index (χ2n) is 10.7. The number of amides is 1. The summed E-state index contributed by atoms with van der Waals surface area (Å²) >= 11 is 0. The number of ether oxygens (including phenoxy) is 1. The van der Waals surface area contributed by atoms with E-state index in [1.165, 1.54) is 13.3 Å². The minimum atomic E-state index is -4.36. The molecule has 1 amide bonds. The molecule has 2 aromatic rings. The van der Waals surface area contributed by atoms with Gasteiger partial charge in [0.25, 0.3) is 5.91 Å². The quantitative estimate of drug-likeness (QED) is 0.525. The van der Waals surface area contributed by atoms with E-state index in [-0.39, 0.29) is 18.7 Å². The molecule has 10 heteroatoms. The Morgan fingerprint density at radius 3 is 2.50 bits per heavy atom. The zero-order chi connectivity index (χ0) is 26.9. The van der Waals surface area contributed by atoms with Crippen molar-refractivity contribution in [1.82, 2.24) is 19.9 Å². The number of nitrogens with zero attached hydrogens (tertiary/aromatic N) is 3. The molecule has 1 saturated carbocycles. The summed E-state index contributed by atoms with van der Waals surface area (Å²) in [6.07, 6.45) is 0.400. The zero-order valence-corrected chi connectivity index (χ0v) is 21.9. The Labute approximate surface area is 210 Å². The molecule has 2 aromatic heterocycles. The molecule has 0 radical (unpaired) electrons. The van der Waals surface area contributed by atoms with Gasteiger partial charge in [0.15, 0.2) is 11.6 Å². The number of halogens is 3. The number of hydrogen-bond acceptors (Lipinski definition) is 5. The Bertz CT molecular complexity index is 1090. The fourth-order valence-corrected chi connectivity index (χ4v) is 4.60. The van der Waals surface area contributed by atoms with Crippen LogP contribution in [0.1, 0.15) is 80.9 Å². The molecule has 0 unspecified atom stereocenters. The molecule has 0 atom stereocenters. The molecule has 0 aromatic carbocycles. The van der Waals surface area contributed by atoms with Crippen molar-refractivity contribution >= 4 is 5.91 Å². The molecule has 2 heterocycles. The first-order valence-corrected chi connectivity index (χ1v) is 12.4. The van der Waals surface area contributed by atoms with Crippen LogP contribution in [0.25, 0.3) is 5.82 Å². The standard InChI is InChI=1S/C26H37F3N4O3/c1-7-20-32-21(23(34)31-15-25(35)10-8-16(2)9-11-25)17(3)33(20)22-19(36-6)12-18(14-30-22)13-24(4,5)26(27,28)29/h12,14,16,35H,7-11,13,15H2,1-6H3,(H,31,34). The third-order valence-electron chi connectivity index (χ3n) is 7.23. The van der Waals surface area contributed by atoms with Gasteiger partial charge in [0.2, 0.25) is 0 Å². The van der Waals surface area contributed by atoms with Gasteiger partial charge in [-0.15, -0.1) is 0 Å². The topological polar surface area (TPSA) is 89.3 Å². The number of hydrogen-bond donors (Lipinski definition) is 2. The van der Waals surface area contributed by atoms with Gasteiger partial charge in [0, 0.05) is 19.2 Å². The number of pyridine rings is 1. The molecule has 2 N–H and O–H groups in total. The summed E-state index contributed by atoms with van der Waals surface area (Å²) in [5, 5.41) is 13.7. The second-order valence-corrected chi connectivity index (χ2v) is 10.7. The molecule has 3 rings (SSSR count). The van der Waals surface area contributed by atoms with Crippen LogP contribution >= 0.6 is 0 Å². The summed E-state index contributed by atoms with van der Waals surface area (Å²) in [6.45, 7) is 8.23. The molecule has 36 heavy (non-hydrogen) atoms. The summed E-state index contributed by atoms with van der Waals surface area (Å²) in [6, 6.07) is 1.55. The predicted molar refractivity (Wildman–Crippen MR) is 130 cm³/mol. The number of imidazole rings is 1. The average molecular weight is 511 g/mol. The van der Waals surface area contributed by atoms with Crippen LogP contribution in [0.15, 0.2) is 12.3 Å². The largest absolute Gasteiger partial charge is 0.493 e. The summed E-state index contributed by atoms with van der Waals surface area (Å²) in [5.41, 5.74) is -1.71. The van der Waals surface area contributed by atoms with Crippen molar-refractivity contribution < 1.29 is 27.8 Å². The Kier molecular flexibility index (Phi) is 8.07. The summed E-state index contributed by atoms with van der Waals surface area (Å²) in [5.74, 6) is 1.39. The van der Waals surface area contributed by atoms with Crippen molar-refractivity contribution in [2.75, 3.05) is 13.7 Å². The summed E-state index contributed by atoms with van der Waals surface area (Å²) in [7, 11) is 1.43. The molecule has 0 spiro atoms. The number of carbonyl (C=O) groups excluding carboxylic acids is 1. The van der Waals surface area contributed by atoms with Crippen LogP contribution in [-0.2, 0) is 12.8 Å². The van der Waals surface area contributed by atoms with Gasteiger partial charge in [-0.3, -0.25) is 9.36 Å². The first-order chi connectivity index (χ1) is 16.7. The number of methoxy groups -OCH3 is 1. The van der Waals surface area contributed by atoms with Gasteiger partial charge in [0.05, 0.1) is 23.8 Å². The van der Waals surface area contributed by atoms with E-state index in [1.54, 1.807) is 17.6 Å². The third kappa shape index (κ3) is 5.85. The van der Waals surface area contributed by atoms with Gasteiger partial charge in [-0.25, -0.2) is 9.97 Å². The van der Waals surface area contributed by atoms with Crippen molar-refractivity contribution in [2.24, 2.45) is 11.3 Å². The van der Waals surface area contributed by atoms with Gasteiger partial charge in [-0.2, -0.15) is 13.2 Å². The maximum Gasteiger partial charge on any atom is 0.394 e. The molecular weight excluding hydrogens is 473 g/mol. The molecule has 7 nitrogen and oxygen atoms in total. The van der Waals surface area contributed by atoms with Crippen LogP contribution in [0.4, 0.5) is 13.2 Å². The summed E-state index contributed by atoms with van der Waals surface area (Å²) < 4.78 is 47.3. The minimum absolute atomic E-state index is 0.150. The Balaban J connectivity index is 1.87. The van der Waals surface area contributed by atoms with Crippen molar-refractivity contribution in [3.8, 4) is 11.6 Å². The molecule has 1 fully saturated rings. The lowest BCUT2D eigenvalue weighted by Gasteiger charge is -2.34. The van der Waals surface area contributed by atoms with Crippen molar-refractivity contribution in [1.29, 1.82) is 0 Å². The van der Waals surface area contributed by atoms with Crippen LogP contribution in [0.3, 0.4) is 0 Å². The zero-order valence-electron chi connectivity index (χ0n) is 21.9. The molecule has 0 bridgehead atoms. The predicted octanol–water partition coefficient (Wildman–Crippen LogP) is 4.95. The van der Waals surface area contributed by atoms with E-state index in [4.69, 9.17) is 4.74 Å². The van der Waals surface area contributed by atoms with E-state index in [2.05, 4.69) is 22.2 Å². The minimum Gasteiger partial charge on any atom is -0.493 e. The normalized spacial score (nSPS) is 20.9. The molecule has 0 saturated heterocycles. The first kappa shape index (κ1) is 28.0. The number of aromatic nitrogens is 3. The van der Waals surface area contributed by atoms with Crippen LogP contribution in [0.2, 0.25) is 0 Å². The maximum atomic E-state index is 13.4.